The molecule has 2 rings (SSSR count). The molecule has 0 aliphatic heterocycles. The highest BCUT2D eigenvalue weighted by molar-refractivity contribution is 5.87. The van der Waals surface area contributed by atoms with Crippen LogP contribution in [-0.2, 0) is 0 Å². The van der Waals surface area contributed by atoms with Gasteiger partial charge in [0.1, 0.15) is 5.84 Å². The predicted molar refractivity (Wildman–Crippen MR) is 82.1 cm³/mol. The molecule has 1 saturated carbocycles. The van der Waals surface area contributed by atoms with Crippen molar-refractivity contribution in [3.8, 4) is 0 Å². The van der Waals surface area contributed by atoms with Crippen LogP contribution >= 0.6 is 0 Å². The van der Waals surface area contributed by atoms with Gasteiger partial charge in [-0.25, -0.2) is 0 Å². The van der Waals surface area contributed by atoms with Crippen molar-refractivity contribution in [2.24, 2.45) is 10.9 Å². The molecule has 0 spiro atoms. The van der Waals surface area contributed by atoms with Crippen LogP contribution in [0.2, 0.25) is 0 Å². The van der Waals surface area contributed by atoms with Gasteiger partial charge in [0.05, 0.1) is 5.92 Å². The molecule has 3 N–H and O–H groups in total. The summed E-state index contributed by atoms with van der Waals surface area (Å²) in [6, 6.07) is 10.8. The Morgan fingerprint density at radius 3 is 2.65 bits per heavy atom. The molecule has 4 nitrogen and oxygen atoms in total. The normalized spacial score (nSPS) is 17.4. The van der Waals surface area contributed by atoms with Crippen molar-refractivity contribution in [2.45, 2.75) is 44.6 Å². The summed E-state index contributed by atoms with van der Waals surface area (Å²) in [5.41, 5.74) is 7.04. The molecule has 0 bridgehead atoms. The summed E-state index contributed by atoms with van der Waals surface area (Å²) in [4.78, 5) is 2.50. The van der Waals surface area contributed by atoms with E-state index in [1.165, 1.54) is 25.7 Å². The van der Waals surface area contributed by atoms with Gasteiger partial charge in [-0.2, -0.15) is 0 Å². The van der Waals surface area contributed by atoms with Gasteiger partial charge in [0.2, 0.25) is 0 Å². The zero-order valence-electron chi connectivity index (χ0n) is 12.2. The highest BCUT2D eigenvalue weighted by Gasteiger charge is 2.31. The number of rotatable bonds is 8. The van der Waals surface area contributed by atoms with E-state index in [-0.39, 0.29) is 5.92 Å². The molecular formula is C16H25N3O. The number of unbranched alkanes of at least 4 members (excludes halogenated alkanes) is 1. The average Bonchev–Trinajstić information content (AvgIpc) is 3.32. The first kappa shape index (κ1) is 14.9. The quantitative estimate of drug-likeness (QED) is 0.332. The molecule has 0 radical (unpaired) electrons. The van der Waals surface area contributed by atoms with Gasteiger partial charge < -0.3 is 10.9 Å². The van der Waals surface area contributed by atoms with Gasteiger partial charge in [0, 0.05) is 12.6 Å². The minimum Gasteiger partial charge on any atom is -0.409 e. The van der Waals surface area contributed by atoms with Crippen molar-refractivity contribution in [3.05, 3.63) is 35.9 Å². The van der Waals surface area contributed by atoms with Crippen molar-refractivity contribution >= 4 is 5.84 Å². The molecule has 0 amide bonds. The maximum Gasteiger partial charge on any atom is 0.147 e. The minimum absolute atomic E-state index is 0.0290. The van der Waals surface area contributed by atoms with Gasteiger partial charge in [-0.3, -0.25) is 4.90 Å². The molecule has 110 valence electrons. The van der Waals surface area contributed by atoms with Crippen molar-refractivity contribution in [2.75, 3.05) is 13.1 Å². The second kappa shape index (κ2) is 7.29. The van der Waals surface area contributed by atoms with Gasteiger partial charge in [-0.05, 0) is 31.4 Å². The van der Waals surface area contributed by atoms with Crippen LogP contribution in [0.3, 0.4) is 0 Å². The predicted octanol–water partition coefficient (Wildman–Crippen LogP) is 2.78. The van der Waals surface area contributed by atoms with E-state index in [0.717, 1.165) is 18.7 Å². The minimum atomic E-state index is -0.0290. The Kier molecular flexibility index (Phi) is 5.41. The molecule has 0 heterocycles. The summed E-state index contributed by atoms with van der Waals surface area (Å²) in [5.74, 6) is 0.275. The first-order valence-corrected chi connectivity index (χ1v) is 7.52. The van der Waals surface area contributed by atoms with E-state index >= 15 is 0 Å². The molecule has 4 heteroatoms. The highest BCUT2D eigenvalue weighted by atomic mass is 16.4. The van der Waals surface area contributed by atoms with Gasteiger partial charge in [-0.15, -0.1) is 0 Å². The van der Waals surface area contributed by atoms with E-state index in [1.807, 2.05) is 30.3 Å². The van der Waals surface area contributed by atoms with E-state index in [2.05, 4.69) is 17.0 Å². The van der Waals surface area contributed by atoms with Crippen LogP contribution in [0.15, 0.2) is 35.5 Å². The van der Waals surface area contributed by atoms with Gasteiger partial charge in [0.15, 0.2) is 0 Å². The van der Waals surface area contributed by atoms with Crippen molar-refractivity contribution < 1.29 is 5.21 Å². The molecule has 1 aromatic rings. The molecule has 1 aliphatic rings. The zero-order chi connectivity index (χ0) is 14.4. The largest absolute Gasteiger partial charge is 0.409 e. The van der Waals surface area contributed by atoms with Gasteiger partial charge in [0.25, 0.3) is 0 Å². The van der Waals surface area contributed by atoms with Crippen molar-refractivity contribution in [1.82, 2.24) is 4.90 Å². The molecule has 1 unspecified atom stereocenters. The number of benzene rings is 1. The topological polar surface area (TPSA) is 61.8 Å². The molecule has 1 fully saturated rings. The fourth-order valence-electron chi connectivity index (χ4n) is 2.58. The number of nitrogens with zero attached hydrogens (tertiary/aromatic N) is 2. The Hall–Kier alpha value is -1.55. The first-order chi connectivity index (χ1) is 9.76. The Bertz CT molecular complexity index is 429. The van der Waals surface area contributed by atoms with E-state index in [0.29, 0.717) is 11.9 Å². The van der Waals surface area contributed by atoms with Crippen LogP contribution in [0, 0.1) is 0 Å². The number of amidine groups is 1. The average molecular weight is 275 g/mol. The number of oxime groups is 1. The SMILES string of the molecule is CCCCN(CC(C(N)=NO)c1ccccc1)C1CC1. The Balaban J connectivity index is 2.10. The zero-order valence-corrected chi connectivity index (χ0v) is 12.2. The van der Waals surface area contributed by atoms with E-state index in [9.17, 15) is 0 Å². The molecule has 1 aromatic carbocycles. The van der Waals surface area contributed by atoms with E-state index in [1.54, 1.807) is 0 Å². The summed E-state index contributed by atoms with van der Waals surface area (Å²) in [6.45, 7) is 4.15. The lowest BCUT2D eigenvalue weighted by Crippen LogP contribution is -2.37. The Labute approximate surface area is 121 Å². The van der Waals surface area contributed by atoms with Crippen molar-refractivity contribution in [1.29, 1.82) is 0 Å². The molecule has 1 atom stereocenters. The van der Waals surface area contributed by atoms with Crippen LogP contribution in [0.1, 0.15) is 44.1 Å². The van der Waals surface area contributed by atoms with E-state index in [4.69, 9.17) is 10.9 Å². The number of hydrogen-bond donors (Lipinski definition) is 2. The fraction of sp³-hybridized carbons (Fsp3) is 0.562. The molecule has 0 aromatic heterocycles. The standard InChI is InChI=1S/C16H25N3O/c1-2-3-11-19(14-9-10-14)12-15(16(17)18-20)13-7-5-4-6-8-13/h4-8,14-15,20H,2-3,9-12H2,1H3,(H2,17,18). The molecule has 0 saturated heterocycles. The molecule has 1 aliphatic carbocycles. The third-order valence-corrected chi connectivity index (χ3v) is 3.95. The fourth-order valence-corrected chi connectivity index (χ4v) is 2.58. The summed E-state index contributed by atoms with van der Waals surface area (Å²) in [7, 11) is 0. The maximum atomic E-state index is 9.05. The maximum absolute atomic E-state index is 9.05. The van der Waals surface area contributed by atoms with E-state index < -0.39 is 0 Å². The second-order valence-electron chi connectivity index (χ2n) is 5.57. The summed E-state index contributed by atoms with van der Waals surface area (Å²) in [5, 5.41) is 12.3. The van der Waals surface area contributed by atoms with Crippen LogP contribution in [-0.4, -0.2) is 35.1 Å². The number of nitrogens with two attached hydrogens (primary N) is 1. The third kappa shape index (κ3) is 3.97. The van der Waals surface area contributed by atoms with Crippen LogP contribution < -0.4 is 5.73 Å². The third-order valence-electron chi connectivity index (χ3n) is 3.95. The van der Waals surface area contributed by atoms with Crippen molar-refractivity contribution in [3.63, 3.8) is 0 Å². The van der Waals surface area contributed by atoms with Crippen LogP contribution in [0.4, 0.5) is 0 Å². The molecular weight excluding hydrogens is 250 g/mol. The van der Waals surface area contributed by atoms with Gasteiger partial charge >= 0.3 is 0 Å². The second-order valence-corrected chi connectivity index (χ2v) is 5.57. The van der Waals surface area contributed by atoms with Gasteiger partial charge in [-0.1, -0.05) is 48.8 Å². The lowest BCUT2D eigenvalue weighted by atomic mass is 9.97. The Morgan fingerprint density at radius 2 is 2.10 bits per heavy atom. The number of hydrogen-bond acceptors (Lipinski definition) is 3. The molecule has 20 heavy (non-hydrogen) atoms. The smallest absolute Gasteiger partial charge is 0.147 e. The Morgan fingerprint density at radius 1 is 1.40 bits per heavy atom. The summed E-state index contributed by atoms with van der Waals surface area (Å²) >= 11 is 0. The summed E-state index contributed by atoms with van der Waals surface area (Å²) < 4.78 is 0. The van der Waals surface area contributed by atoms with Crippen LogP contribution in [0.5, 0.6) is 0 Å². The lowest BCUT2D eigenvalue weighted by molar-refractivity contribution is 0.253. The lowest BCUT2D eigenvalue weighted by Gasteiger charge is -2.27. The highest BCUT2D eigenvalue weighted by Crippen LogP contribution is 2.29. The first-order valence-electron chi connectivity index (χ1n) is 7.52. The monoisotopic (exact) mass is 275 g/mol. The summed E-state index contributed by atoms with van der Waals surface area (Å²) in [6.07, 6.45) is 4.96. The van der Waals surface area contributed by atoms with Crippen LogP contribution in [0.25, 0.3) is 0 Å².